The minimum atomic E-state index is 0.663. The first-order chi connectivity index (χ1) is 7.15. The van der Waals surface area contributed by atoms with E-state index in [1.807, 2.05) is 24.6 Å². The molecule has 0 atom stereocenters. The van der Waals surface area contributed by atoms with Gasteiger partial charge in [-0.2, -0.15) is 0 Å². The molecule has 1 N–H and O–H groups in total. The average molecular weight is 220 g/mol. The van der Waals surface area contributed by atoms with Gasteiger partial charge in [0.1, 0.15) is 0 Å². The number of hydrogen-bond donors (Lipinski definition) is 1. The Labute approximate surface area is 93.0 Å². The quantitative estimate of drug-likeness (QED) is 0.787. The van der Waals surface area contributed by atoms with Crippen LogP contribution in [0.3, 0.4) is 0 Å². The van der Waals surface area contributed by atoms with Crippen LogP contribution in [0.4, 0.5) is 0 Å². The minimum Gasteiger partial charge on any atom is -0.335 e. The number of nitrogens with one attached hydrogen (secondary N) is 1. The highest BCUT2D eigenvalue weighted by Crippen LogP contribution is 2.02. The van der Waals surface area contributed by atoms with E-state index in [0.717, 1.165) is 21.9 Å². The fraction of sp³-hybridized carbons (Fsp3) is 0.300. The number of rotatable bonds is 2. The summed E-state index contributed by atoms with van der Waals surface area (Å²) in [5, 5.41) is 0. The fourth-order valence-electron chi connectivity index (χ4n) is 1.36. The number of H-pyrrole nitrogens is 1. The first-order valence-corrected chi connectivity index (χ1v) is 5.09. The molecule has 0 aliphatic heterocycles. The topological polar surface area (TPSA) is 46.5 Å². The second kappa shape index (κ2) is 3.94. The lowest BCUT2D eigenvalue weighted by Gasteiger charge is -2.01. The average Bonchev–Trinajstić information content (AvgIpc) is 2.49. The highest BCUT2D eigenvalue weighted by Gasteiger charge is 1.99. The standard InChI is InChI=1S/C10H12N4S/c1-7-3-12-9(4-11-7)6-14-5-8(2)13-10(14)15/h3-5H,6H2,1-2H3,(H,13,15). The lowest BCUT2D eigenvalue weighted by molar-refractivity contribution is 0.753. The van der Waals surface area contributed by atoms with Crippen LogP contribution in [0.1, 0.15) is 17.1 Å². The monoisotopic (exact) mass is 220 g/mol. The summed E-state index contributed by atoms with van der Waals surface area (Å²) in [6.07, 6.45) is 5.52. The molecule has 0 unspecified atom stereocenters. The maximum atomic E-state index is 5.16. The molecule has 15 heavy (non-hydrogen) atoms. The maximum absolute atomic E-state index is 5.16. The van der Waals surface area contributed by atoms with Gasteiger partial charge in [-0.1, -0.05) is 0 Å². The van der Waals surface area contributed by atoms with Crippen LogP contribution in [0.15, 0.2) is 18.6 Å². The fourth-order valence-corrected chi connectivity index (χ4v) is 1.64. The summed E-state index contributed by atoms with van der Waals surface area (Å²) in [5.74, 6) is 0. The maximum Gasteiger partial charge on any atom is 0.177 e. The van der Waals surface area contributed by atoms with Gasteiger partial charge in [0, 0.05) is 18.1 Å². The number of aromatic nitrogens is 4. The van der Waals surface area contributed by atoms with E-state index in [2.05, 4.69) is 15.0 Å². The van der Waals surface area contributed by atoms with E-state index in [1.165, 1.54) is 0 Å². The molecule has 0 fully saturated rings. The van der Waals surface area contributed by atoms with Crippen molar-refractivity contribution in [3.63, 3.8) is 0 Å². The minimum absolute atomic E-state index is 0.663. The summed E-state index contributed by atoms with van der Waals surface area (Å²) in [4.78, 5) is 11.5. The molecule has 0 saturated carbocycles. The predicted molar refractivity (Wildman–Crippen MR) is 60.2 cm³/mol. The van der Waals surface area contributed by atoms with E-state index in [1.54, 1.807) is 12.4 Å². The first-order valence-electron chi connectivity index (χ1n) is 4.69. The van der Waals surface area contributed by atoms with Crippen LogP contribution in [-0.4, -0.2) is 19.5 Å². The van der Waals surface area contributed by atoms with Crippen LogP contribution >= 0.6 is 12.2 Å². The van der Waals surface area contributed by atoms with Crippen molar-refractivity contribution >= 4 is 12.2 Å². The first kappa shape index (κ1) is 10.0. The van der Waals surface area contributed by atoms with Crippen molar-refractivity contribution in [2.45, 2.75) is 20.4 Å². The van der Waals surface area contributed by atoms with Gasteiger partial charge in [0.25, 0.3) is 0 Å². The van der Waals surface area contributed by atoms with Crippen molar-refractivity contribution in [3.8, 4) is 0 Å². The summed E-state index contributed by atoms with van der Waals surface area (Å²) < 4.78 is 2.67. The molecular weight excluding hydrogens is 208 g/mol. The van der Waals surface area contributed by atoms with E-state index in [9.17, 15) is 0 Å². The van der Waals surface area contributed by atoms with Gasteiger partial charge < -0.3 is 9.55 Å². The zero-order valence-corrected chi connectivity index (χ0v) is 9.51. The lowest BCUT2D eigenvalue weighted by atomic mass is 10.4. The van der Waals surface area contributed by atoms with Gasteiger partial charge in [0.05, 0.1) is 24.1 Å². The molecule has 0 saturated heterocycles. The van der Waals surface area contributed by atoms with Crippen molar-refractivity contribution in [1.29, 1.82) is 0 Å². The van der Waals surface area contributed by atoms with Crippen molar-refractivity contribution < 1.29 is 0 Å². The highest BCUT2D eigenvalue weighted by molar-refractivity contribution is 7.71. The van der Waals surface area contributed by atoms with Gasteiger partial charge in [-0.05, 0) is 26.1 Å². The summed E-state index contributed by atoms with van der Waals surface area (Å²) >= 11 is 5.16. The summed E-state index contributed by atoms with van der Waals surface area (Å²) in [7, 11) is 0. The predicted octanol–water partition coefficient (Wildman–Crippen LogP) is 2.00. The summed E-state index contributed by atoms with van der Waals surface area (Å²) in [5.41, 5.74) is 2.89. The van der Waals surface area contributed by atoms with E-state index < -0.39 is 0 Å². The van der Waals surface area contributed by atoms with Gasteiger partial charge in [0.2, 0.25) is 0 Å². The molecule has 0 aliphatic carbocycles. The van der Waals surface area contributed by atoms with Crippen molar-refractivity contribution in [1.82, 2.24) is 19.5 Å². The lowest BCUT2D eigenvalue weighted by Crippen LogP contribution is -2.01. The van der Waals surface area contributed by atoms with E-state index in [-0.39, 0.29) is 0 Å². The Hall–Kier alpha value is -1.49. The molecule has 0 bridgehead atoms. The van der Waals surface area contributed by atoms with E-state index in [4.69, 9.17) is 12.2 Å². The Morgan fingerprint density at radius 3 is 2.67 bits per heavy atom. The summed E-state index contributed by atoms with van der Waals surface area (Å²) in [6, 6.07) is 0. The largest absolute Gasteiger partial charge is 0.335 e. The second-order valence-corrected chi connectivity index (χ2v) is 3.91. The smallest absolute Gasteiger partial charge is 0.177 e. The van der Waals surface area contributed by atoms with Gasteiger partial charge in [-0.15, -0.1) is 0 Å². The number of imidazole rings is 1. The van der Waals surface area contributed by atoms with Crippen LogP contribution in [0.25, 0.3) is 0 Å². The van der Waals surface area contributed by atoms with Gasteiger partial charge in [0.15, 0.2) is 4.77 Å². The Kier molecular flexibility index (Phi) is 2.64. The van der Waals surface area contributed by atoms with Crippen molar-refractivity contribution in [3.05, 3.63) is 40.4 Å². The zero-order valence-electron chi connectivity index (χ0n) is 8.69. The van der Waals surface area contributed by atoms with Crippen LogP contribution < -0.4 is 0 Å². The molecule has 5 heteroatoms. The third-order valence-corrected chi connectivity index (χ3v) is 2.42. The van der Waals surface area contributed by atoms with Gasteiger partial charge in [-0.3, -0.25) is 9.97 Å². The SMILES string of the molecule is Cc1cnc(Cn2cc(C)[nH]c2=S)cn1. The van der Waals surface area contributed by atoms with Crippen molar-refractivity contribution in [2.75, 3.05) is 0 Å². The molecule has 2 rings (SSSR count). The van der Waals surface area contributed by atoms with Crippen LogP contribution in [0.5, 0.6) is 0 Å². The van der Waals surface area contributed by atoms with Crippen LogP contribution in [0, 0.1) is 18.6 Å². The normalized spacial score (nSPS) is 10.5. The van der Waals surface area contributed by atoms with Gasteiger partial charge >= 0.3 is 0 Å². The molecule has 0 spiro atoms. The molecular formula is C10H12N4S. The van der Waals surface area contributed by atoms with E-state index in [0.29, 0.717) is 6.54 Å². The third kappa shape index (κ3) is 2.30. The van der Waals surface area contributed by atoms with Gasteiger partial charge in [-0.25, -0.2) is 0 Å². The van der Waals surface area contributed by atoms with E-state index >= 15 is 0 Å². The number of hydrogen-bond acceptors (Lipinski definition) is 3. The number of aromatic amines is 1. The summed E-state index contributed by atoms with van der Waals surface area (Å²) in [6.45, 7) is 4.56. The second-order valence-electron chi connectivity index (χ2n) is 3.52. The Bertz CT molecular complexity index is 509. The Morgan fingerprint density at radius 2 is 2.13 bits per heavy atom. The molecule has 0 aromatic carbocycles. The van der Waals surface area contributed by atoms with Crippen molar-refractivity contribution in [2.24, 2.45) is 0 Å². The molecule has 0 aliphatic rings. The molecule has 2 aromatic rings. The number of aryl methyl sites for hydroxylation is 2. The highest BCUT2D eigenvalue weighted by atomic mass is 32.1. The molecule has 2 heterocycles. The molecule has 0 amide bonds. The number of nitrogens with zero attached hydrogens (tertiary/aromatic N) is 3. The third-order valence-electron chi connectivity index (χ3n) is 2.08. The Balaban J connectivity index is 2.25. The zero-order chi connectivity index (χ0) is 10.8. The Morgan fingerprint density at radius 1 is 1.33 bits per heavy atom. The van der Waals surface area contributed by atoms with Crippen LogP contribution in [-0.2, 0) is 6.54 Å². The molecule has 78 valence electrons. The molecule has 4 nitrogen and oxygen atoms in total. The molecule has 0 radical (unpaired) electrons. The van der Waals surface area contributed by atoms with Crippen LogP contribution in [0.2, 0.25) is 0 Å². The molecule has 2 aromatic heterocycles.